The first kappa shape index (κ1) is 22.2. The number of rotatable bonds is 6. The minimum absolute atomic E-state index is 0.0143. The quantitative estimate of drug-likeness (QED) is 0.565. The number of hydrogen-bond donors (Lipinski definition) is 2. The van der Waals surface area contributed by atoms with Gasteiger partial charge in [-0.1, -0.05) is 18.2 Å². The number of ether oxygens (including phenoxy) is 1. The van der Waals surface area contributed by atoms with Crippen LogP contribution in [0.5, 0.6) is 5.75 Å². The summed E-state index contributed by atoms with van der Waals surface area (Å²) in [4.78, 5) is 46.0. The maximum absolute atomic E-state index is 13.5. The van der Waals surface area contributed by atoms with E-state index in [1.54, 1.807) is 47.6 Å². The highest BCUT2D eigenvalue weighted by Gasteiger charge is 2.48. The predicted octanol–water partition coefficient (Wildman–Crippen LogP) is 2.43. The maximum atomic E-state index is 13.5. The summed E-state index contributed by atoms with van der Waals surface area (Å²) in [6.45, 7) is 0.423. The molecule has 3 unspecified atom stereocenters. The fraction of sp³-hybridized carbons (Fsp3) is 0.280. The van der Waals surface area contributed by atoms with Gasteiger partial charge in [-0.15, -0.1) is 11.3 Å². The Labute approximate surface area is 200 Å². The van der Waals surface area contributed by atoms with Gasteiger partial charge in [0.25, 0.3) is 5.91 Å². The van der Waals surface area contributed by atoms with Crippen LogP contribution in [0.25, 0.3) is 10.4 Å². The number of hydrogen-bond acceptors (Lipinski definition) is 7. The van der Waals surface area contributed by atoms with Crippen molar-refractivity contribution < 1.29 is 24.2 Å². The summed E-state index contributed by atoms with van der Waals surface area (Å²) in [5.41, 5.74) is 1.69. The van der Waals surface area contributed by atoms with Gasteiger partial charge in [0, 0.05) is 35.8 Å². The number of phenolic OH excluding ortho intramolecular Hbond substituents is 1. The number of ketones is 1. The highest BCUT2D eigenvalue weighted by molar-refractivity contribution is 7.17. The van der Waals surface area contributed by atoms with Gasteiger partial charge in [-0.2, -0.15) is 0 Å². The molecule has 9 heteroatoms. The summed E-state index contributed by atoms with van der Waals surface area (Å²) in [7, 11) is 0. The molecule has 3 aromatic rings. The molecule has 2 amide bonds. The minimum atomic E-state index is -0.867. The molecule has 0 bridgehead atoms. The molecule has 5 rings (SSSR count). The molecule has 0 aliphatic carbocycles. The first-order valence-corrected chi connectivity index (χ1v) is 11.8. The van der Waals surface area contributed by atoms with E-state index in [0.717, 1.165) is 16.0 Å². The second-order valence-electron chi connectivity index (χ2n) is 8.38. The summed E-state index contributed by atoms with van der Waals surface area (Å²) in [6.07, 6.45) is 3.97. The van der Waals surface area contributed by atoms with Gasteiger partial charge in [0.1, 0.15) is 24.4 Å². The van der Waals surface area contributed by atoms with E-state index in [-0.39, 0.29) is 42.5 Å². The molecule has 174 valence electrons. The molecule has 2 aliphatic heterocycles. The smallest absolute Gasteiger partial charge is 0.262 e. The zero-order chi connectivity index (χ0) is 23.7. The van der Waals surface area contributed by atoms with Gasteiger partial charge >= 0.3 is 0 Å². The minimum Gasteiger partial charge on any atom is -0.508 e. The average molecular weight is 478 g/mol. The van der Waals surface area contributed by atoms with Gasteiger partial charge in [0.05, 0.1) is 11.0 Å². The van der Waals surface area contributed by atoms with Gasteiger partial charge in [-0.3, -0.25) is 19.4 Å². The topological polar surface area (TPSA) is 109 Å². The van der Waals surface area contributed by atoms with Crippen molar-refractivity contribution in [2.24, 2.45) is 0 Å². The van der Waals surface area contributed by atoms with E-state index in [0.29, 0.717) is 17.8 Å². The third-order valence-corrected chi connectivity index (χ3v) is 7.28. The average Bonchev–Trinajstić information content (AvgIpc) is 3.58. The summed E-state index contributed by atoms with van der Waals surface area (Å²) in [6, 6.07) is 12.4. The lowest BCUT2D eigenvalue weighted by molar-refractivity contribution is -0.138. The van der Waals surface area contributed by atoms with Crippen molar-refractivity contribution in [1.29, 1.82) is 0 Å². The lowest BCUT2D eigenvalue weighted by Gasteiger charge is -2.27. The number of pyridine rings is 1. The van der Waals surface area contributed by atoms with Crippen molar-refractivity contribution >= 4 is 28.9 Å². The molecule has 0 saturated carbocycles. The van der Waals surface area contributed by atoms with Crippen LogP contribution in [0.2, 0.25) is 0 Å². The molecule has 8 nitrogen and oxygen atoms in total. The highest BCUT2D eigenvalue weighted by Crippen LogP contribution is 2.29. The number of Topliss-reactive ketones (excluding diaryl/α,β-unsaturated/α-hetero) is 1. The number of amides is 2. The van der Waals surface area contributed by atoms with Gasteiger partial charge in [0.15, 0.2) is 5.78 Å². The largest absolute Gasteiger partial charge is 0.508 e. The Bertz CT molecular complexity index is 1210. The number of nitrogens with one attached hydrogen (secondary N) is 1. The van der Waals surface area contributed by atoms with Crippen LogP contribution >= 0.6 is 11.3 Å². The number of thiophene rings is 1. The Hall–Kier alpha value is -3.56. The lowest BCUT2D eigenvalue weighted by Crippen LogP contribution is -2.53. The Kier molecular flexibility index (Phi) is 6.12. The van der Waals surface area contributed by atoms with Crippen molar-refractivity contribution in [3.05, 3.63) is 71.4 Å². The molecule has 2 aromatic heterocycles. The summed E-state index contributed by atoms with van der Waals surface area (Å²) < 4.78 is 5.51. The Morgan fingerprint density at radius 3 is 2.79 bits per heavy atom. The fourth-order valence-corrected chi connectivity index (χ4v) is 5.36. The summed E-state index contributed by atoms with van der Waals surface area (Å²) in [5.74, 6) is -0.656. The van der Waals surface area contributed by atoms with Crippen LogP contribution in [-0.2, 0) is 20.7 Å². The van der Waals surface area contributed by atoms with Crippen molar-refractivity contribution in [3.63, 3.8) is 0 Å². The first-order chi connectivity index (χ1) is 16.5. The lowest BCUT2D eigenvalue weighted by atomic mass is 10.0. The normalized spacial score (nSPS) is 20.2. The van der Waals surface area contributed by atoms with Gasteiger partial charge < -0.3 is 20.1 Å². The maximum Gasteiger partial charge on any atom is 0.262 e. The number of benzene rings is 1. The van der Waals surface area contributed by atoms with E-state index >= 15 is 0 Å². The monoisotopic (exact) mass is 477 g/mol. The molecular formula is C25H23N3O5S. The molecule has 34 heavy (non-hydrogen) atoms. The van der Waals surface area contributed by atoms with E-state index < -0.39 is 12.1 Å². The fourth-order valence-electron chi connectivity index (χ4n) is 4.46. The van der Waals surface area contributed by atoms with Crippen LogP contribution in [0.4, 0.5) is 0 Å². The van der Waals surface area contributed by atoms with E-state index in [9.17, 15) is 19.5 Å². The number of fused-ring (bicyclic) bond motifs is 1. The Balaban J connectivity index is 1.37. The van der Waals surface area contributed by atoms with Crippen molar-refractivity contribution in [3.8, 4) is 16.2 Å². The number of carbonyl (C=O) groups is 3. The van der Waals surface area contributed by atoms with Gasteiger partial charge in [0.2, 0.25) is 5.91 Å². The number of nitrogens with zero attached hydrogens (tertiary/aromatic N) is 2. The third kappa shape index (κ3) is 4.44. The number of aromatic nitrogens is 1. The summed E-state index contributed by atoms with van der Waals surface area (Å²) >= 11 is 1.32. The van der Waals surface area contributed by atoms with Crippen LogP contribution < -0.4 is 5.32 Å². The Morgan fingerprint density at radius 1 is 1.21 bits per heavy atom. The molecule has 0 radical (unpaired) electrons. The predicted molar refractivity (Wildman–Crippen MR) is 125 cm³/mol. The zero-order valence-corrected chi connectivity index (χ0v) is 19.0. The van der Waals surface area contributed by atoms with Crippen LogP contribution in [0.3, 0.4) is 0 Å². The molecular weight excluding hydrogens is 454 g/mol. The standard InChI is InChI=1S/C25H23N3O5S/c29-17-5-3-15(4-6-17)12-18(25(32)28-11-9-20-23(28)19(30)14-33-20)27-24(31)22-8-7-21(34-22)16-2-1-10-26-13-16/h1-8,10,13,18,20,23,29H,9,11-12,14H2,(H,27,31). The van der Waals surface area contributed by atoms with Crippen LogP contribution in [0.15, 0.2) is 60.9 Å². The van der Waals surface area contributed by atoms with E-state index in [1.807, 2.05) is 18.2 Å². The van der Waals surface area contributed by atoms with Gasteiger partial charge in [-0.25, -0.2) is 0 Å². The van der Waals surface area contributed by atoms with E-state index in [4.69, 9.17) is 4.74 Å². The highest BCUT2D eigenvalue weighted by atomic mass is 32.1. The van der Waals surface area contributed by atoms with Crippen molar-refractivity contribution in [2.75, 3.05) is 13.2 Å². The second kappa shape index (κ2) is 9.36. The first-order valence-electron chi connectivity index (χ1n) is 11.0. The third-order valence-electron chi connectivity index (χ3n) is 6.15. The number of likely N-dealkylation sites (tertiary alicyclic amines) is 1. The zero-order valence-electron chi connectivity index (χ0n) is 18.2. The second-order valence-corrected chi connectivity index (χ2v) is 9.47. The van der Waals surface area contributed by atoms with Gasteiger partial charge in [-0.05, 0) is 42.3 Å². The van der Waals surface area contributed by atoms with Crippen LogP contribution in [0, 0.1) is 0 Å². The van der Waals surface area contributed by atoms with Crippen LogP contribution in [-0.4, -0.2) is 63.9 Å². The SMILES string of the molecule is O=C(NC(Cc1ccc(O)cc1)C(=O)N1CCC2OCC(=O)C21)c1ccc(-c2cccnc2)s1. The van der Waals surface area contributed by atoms with Crippen molar-refractivity contribution in [2.45, 2.75) is 31.0 Å². The Morgan fingerprint density at radius 2 is 2.03 bits per heavy atom. The van der Waals surface area contributed by atoms with Crippen LogP contribution in [0.1, 0.15) is 21.7 Å². The van der Waals surface area contributed by atoms with E-state index in [2.05, 4.69) is 10.3 Å². The number of aromatic hydroxyl groups is 1. The molecule has 0 spiro atoms. The molecule has 2 fully saturated rings. The molecule has 2 saturated heterocycles. The summed E-state index contributed by atoms with van der Waals surface area (Å²) in [5, 5.41) is 12.5. The number of phenols is 1. The molecule has 3 atom stereocenters. The van der Waals surface area contributed by atoms with E-state index in [1.165, 1.54) is 11.3 Å². The molecule has 2 N–H and O–H groups in total. The molecule has 2 aliphatic rings. The molecule has 4 heterocycles. The molecule has 1 aromatic carbocycles. The number of carbonyl (C=O) groups excluding carboxylic acids is 3. The van der Waals surface area contributed by atoms with Crippen molar-refractivity contribution in [1.82, 2.24) is 15.2 Å².